The fourth-order valence-electron chi connectivity index (χ4n) is 3.51. The van der Waals surface area contributed by atoms with Crippen LogP contribution >= 0.6 is 11.3 Å². The molecule has 2 aromatic carbocycles. The molecule has 0 aliphatic carbocycles. The lowest BCUT2D eigenvalue weighted by Gasteiger charge is -2.25. The molecule has 0 unspecified atom stereocenters. The van der Waals surface area contributed by atoms with Gasteiger partial charge in [-0.05, 0) is 18.6 Å². The van der Waals surface area contributed by atoms with Crippen molar-refractivity contribution in [1.29, 1.82) is 0 Å². The third-order valence-corrected chi connectivity index (χ3v) is 6.02. The molecule has 148 valence electrons. The van der Waals surface area contributed by atoms with Crippen LogP contribution in [0.15, 0.2) is 48.5 Å². The number of nitro groups is 1. The number of nitro benzene ring substituents is 1. The minimum atomic E-state index is -0.477. The zero-order valence-corrected chi connectivity index (χ0v) is 16.7. The van der Waals surface area contributed by atoms with E-state index in [2.05, 4.69) is 27.3 Å². The molecular formula is C21H20N4O3S. The number of benzene rings is 2. The molecule has 0 spiro atoms. The van der Waals surface area contributed by atoms with E-state index < -0.39 is 4.92 Å². The number of nitrogens with one attached hydrogen (secondary N) is 1. The van der Waals surface area contributed by atoms with Crippen LogP contribution < -0.4 is 5.32 Å². The van der Waals surface area contributed by atoms with Crippen LogP contribution in [0.3, 0.4) is 0 Å². The number of rotatable bonds is 5. The smallest absolute Gasteiger partial charge is 0.273 e. The molecule has 1 N–H and O–H groups in total. The summed E-state index contributed by atoms with van der Waals surface area (Å²) < 4.78 is 0. The number of nitrogens with zero attached hydrogens (tertiary/aromatic N) is 3. The number of carbonyl (C=O) groups excluding carboxylic acids is 1. The topological polar surface area (TPSA) is 88.4 Å². The molecule has 1 aliphatic heterocycles. The normalized spacial score (nSPS) is 13.7. The zero-order valence-electron chi connectivity index (χ0n) is 15.9. The fourth-order valence-corrected chi connectivity index (χ4v) is 4.56. The molecule has 29 heavy (non-hydrogen) atoms. The zero-order chi connectivity index (χ0) is 20.4. The summed E-state index contributed by atoms with van der Waals surface area (Å²) in [6, 6.07) is 14.8. The predicted octanol–water partition coefficient (Wildman–Crippen LogP) is 4.17. The third kappa shape index (κ3) is 4.18. The van der Waals surface area contributed by atoms with Crippen molar-refractivity contribution in [2.24, 2.45) is 0 Å². The van der Waals surface area contributed by atoms with Gasteiger partial charge in [0.1, 0.15) is 0 Å². The van der Waals surface area contributed by atoms with Gasteiger partial charge in [-0.15, -0.1) is 11.3 Å². The Bertz CT molecular complexity index is 1070. The minimum absolute atomic E-state index is 0.0624. The summed E-state index contributed by atoms with van der Waals surface area (Å²) in [5.41, 5.74) is 2.87. The van der Waals surface area contributed by atoms with Crippen molar-refractivity contribution in [3.05, 3.63) is 85.9 Å². The number of carbonyl (C=O) groups is 1. The van der Waals surface area contributed by atoms with Crippen LogP contribution in [-0.2, 0) is 19.5 Å². The van der Waals surface area contributed by atoms with E-state index in [9.17, 15) is 14.9 Å². The summed E-state index contributed by atoms with van der Waals surface area (Å²) in [6.45, 7) is 4.19. The molecule has 0 bridgehead atoms. The number of anilines is 1. The largest absolute Gasteiger partial charge is 0.298 e. The van der Waals surface area contributed by atoms with Gasteiger partial charge < -0.3 is 0 Å². The lowest BCUT2D eigenvalue weighted by Crippen LogP contribution is -2.29. The SMILES string of the molecule is Cc1c(C(=O)Nc2nc3c(s2)CN(Cc2ccccc2)CC3)cccc1[N+](=O)[O-]. The molecule has 0 radical (unpaired) electrons. The second-order valence-corrected chi connectivity index (χ2v) is 8.08. The summed E-state index contributed by atoms with van der Waals surface area (Å²) in [4.78, 5) is 31.4. The van der Waals surface area contributed by atoms with Crippen LogP contribution in [0.2, 0.25) is 0 Å². The summed E-state index contributed by atoms with van der Waals surface area (Å²) >= 11 is 1.47. The van der Waals surface area contributed by atoms with Gasteiger partial charge in [0.2, 0.25) is 0 Å². The molecule has 0 saturated carbocycles. The van der Waals surface area contributed by atoms with Crippen LogP contribution in [0.4, 0.5) is 10.8 Å². The Morgan fingerprint density at radius 2 is 2.03 bits per heavy atom. The van der Waals surface area contributed by atoms with Gasteiger partial charge in [-0.2, -0.15) is 0 Å². The molecular weight excluding hydrogens is 388 g/mol. The first-order chi connectivity index (χ1) is 14.0. The van der Waals surface area contributed by atoms with E-state index in [0.29, 0.717) is 10.7 Å². The number of amides is 1. The molecule has 1 amide bonds. The highest BCUT2D eigenvalue weighted by atomic mass is 32.1. The molecule has 1 aromatic heterocycles. The number of thiazole rings is 1. The molecule has 3 aromatic rings. The second-order valence-electron chi connectivity index (χ2n) is 7.00. The van der Waals surface area contributed by atoms with Gasteiger partial charge in [0.15, 0.2) is 5.13 Å². The maximum Gasteiger partial charge on any atom is 0.273 e. The summed E-state index contributed by atoms with van der Waals surface area (Å²) in [6.07, 6.45) is 0.838. The van der Waals surface area contributed by atoms with Crippen molar-refractivity contribution in [2.45, 2.75) is 26.4 Å². The fraction of sp³-hybridized carbons (Fsp3) is 0.238. The van der Waals surface area contributed by atoms with Gasteiger partial charge in [0, 0.05) is 48.1 Å². The quantitative estimate of drug-likeness (QED) is 0.506. The number of aromatic nitrogens is 1. The first-order valence-electron chi connectivity index (χ1n) is 9.31. The van der Waals surface area contributed by atoms with Crippen molar-refractivity contribution in [1.82, 2.24) is 9.88 Å². The van der Waals surface area contributed by atoms with Crippen LogP contribution in [0.5, 0.6) is 0 Å². The number of fused-ring (bicyclic) bond motifs is 1. The van der Waals surface area contributed by atoms with E-state index in [0.717, 1.165) is 36.6 Å². The average Bonchev–Trinajstić information content (AvgIpc) is 3.10. The molecule has 0 atom stereocenters. The third-order valence-electron chi connectivity index (χ3n) is 5.03. The van der Waals surface area contributed by atoms with Gasteiger partial charge in [-0.3, -0.25) is 25.1 Å². The monoisotopic (exact) mass is 408 g/mol. The lowest BCUT2D eigenvalue weighted by molar-refractivity contribution is -0.385. The van der Waals surface area contributed by atoms with E-state index in [1.54, 1.807) is 13.0 Å². The average molecular weight is 408 g/mol. The van der Waals surface area contributed by atoms with Gasteiger partial charge >= 0.3 is 0 Å². The lowest BCUT2D eigenvalue weighted by atomic mass is 10.1. The van der Waals surface area contributed by atoms with Crippen molar-refractivity contribution in [3.63, 3.8) is 0 Å². The highest BCUT2D eigenvalue weighted by Gasteiger charge is 2.23. The van der Waals surface area contributed by atoms with E-state index in [1.807, 2.05) is 18.2 Å². The van der Waals surface area contributed by atoms with Crippen molar-refractivity contribution in [3.8, 4) is 0 Å². The maximum absolute atomic E-state index is 12.7. The number of hydrogen-bond donors (Lipinski definition) is 1. The molecule has 4 rings (SSSR count). The Balaban J connectivity index is 1.46. The van der Waals surface area contributed by atoms with Crippen molar-refractivity contribution >= 4 is 28.1 Å². The van der Waals surface area contributed by atoms with Gasteiger partial charge in [0.25, 0.3) is 11.6 Å². The van der Waals surface area contributed by atoms with Crippen molar-refractivity contribution < 1.29 is 9.72 Å². The van der Waals surface area contributed by atoms with E-state index in [4.69, 9.17) is 0 Å². The summed E-state index contributed by atoms with van der Waals surface area (Å²) in [7, 11) is 0. The Kier molecular flexibility index (Phi) is 5.37. The highest BCUT2D eigenvalue weighted by molar-refractivity contribution is 7.15. The summed E-state index contributed by atoms with van der Waals surface area (Å²) in [5, 5.41) is 14.5. The van der Waals surface area contributed by atoms with E-state index >= 15 is 0 Å². The first kappa shape index (κ1) is 19.2. The molecule has 0 fully saturated rings. The predicted molar refractivity (Wildman–Crippen MR) is 112 cm³/mol. The van der Waals surface area contributed by atoms with Crippen LogP contribution in [0.1, 0.15) is 32.1 Å². The Labute approximate surface area is 172 Å². The van der Waals surface area contributed by atoms with Crippen LogP contribution in [0, 0.1) is 17.0 Å². The van der Waals surface area contributed by atoms with Gasteiger partial charge in [0.05, 0.1) is 10.6 Å². The Morgan fingerprint density at radius 3 is 2.79 bits per heavy atom. The van der Waals surface area contributed by atoms with E-state index in [-0.39, 0.29) is 17.2 Å². The second kappa shape index (κ2) is 8.10. The van der Waals surface area contributed by atoms with E-state index in [1.165, 1.54) is 29.0 Å². The maximum atomic E-state index is 12.7. The summed E-state index contributed by atoms with van der Waals surface area (Å²) in [5.74, 6) is -0.376. The minimum Gasteiger partial charge on any atom is -0.298 e. The molecule has 1 aliphatic rings. The first-order valence-corrected chi connectivity index (χ1v) is 10.1. The Morgan fingerprint density at radius 1 is 1.24 bits per heavy atom. The molecule has 7 nitrogen and oxygen atoms in total. The standard InChI is InChI=1S/C21H20N4O3S/c1-14-16(8-5-9-18(14)25(27)28)20(26)23-21-22-17-10-11-24(13-19(17)29-21)12-15-6-3-2-4-7-15/h2-9H,10-13H2,1H3,(H,22,23,26). The Hall–Kier alpha value is -3.10. The molecule has 2 heterocycles. The molecule has 8 heteroatoms. The van der Waals surface area contributed by atoms with Crippen LogP contribution in [0.25, 0.3) is 0 Å². The van der Waals surface area contributed by atoms with Gasteiger partial charge in [-0.25, -0.2) is 4.98 Å². The van der Waals surface area contributed by atoms with Crippen LogP contribution in [-0.4, -0.2) is 27.3 Å². The van der Waals surface area contributed by atoms with Crippen molar-refractivity contribution in [2.75, 3.05) is 11.9 Å². The highest BCUT2D eigenvalue weighted by Crippen LogP contribution is 2.30. The number of hydrogen-bond acceptors (Lipinski definition) is 6. The molecule has 0 saturated heterocycles. The van der Waals surface area contributed by atoms with Gasteiger partial charge in [-0.1, -0.05) is 36.4 Å².